The molecule has 0 radical (unpaired) electrons. The van der Waals surface area contributed by atoms with Crippen LogP contribution in [0.2, 0.25) is 0 Å². The Bertz CT molecular complexity index is 1440. The number of halogens is 1. The Hall–Kier alpha value is -2.66. The van der Waals surface area contributed by atoms with Crippen molar-refractivity contribution >= 4 is 74.6 Å². The predicted octanol–water partition coefficient (Wildman–Crippen LogP) is 0.546. The maximum Gasteiger partial charge on any atom is 0.274 e. The molecule has 16 heteroatoms. The number of aliphatic imine (C=N–C) groups is 2. The Morgan fingerprint density at radius 3 is 2.50 bits per heavy atom. The summed E-state index contributed by atoms with van der Waals surface area (Å²) >= 11 is 9.87. The highest BCUT2D eigenvalue weighted by Gasteiger charge is 2.67. The van der Waals surface area contributed by atoms with Crippen LogP contribution in [0.3, 0.4) is 0 Å². The lowest BCUT2D eigenvalue weighted by Crippen LogP contribution is -2.76. The van der Waals surface area contributed by atoms with Crippen molar-refractivity contribution in [1.29, 1.82) is 0 Å². The maximum atomic E-state index is 13.5. The van der Waals surface area contributed by atoms with E-state index in [1.165, 1.54) is 43.8 Å². The number of thiazole rings is 1. The SMILES string of the molecule is CC(=O)N1C2N([C@@H]3O[C@H](CO)C(O)C3O)C=NC2(C(C)=O)C(N[C@H](C)CSc2nc3ccccc3s2)=NC1(Cl)C(C)=O. The summed E-state index contributed by atoms with van der Waals surface area (Å²) in [5, 5.41) is 31.8. The number of alkyl halides is 1. The van der Waals surface area contributed by atoms with Gasteiger partial charge in [0.2, 0.25) is 11.4 Å². The first-order valence-corrected chi connectivity index (χ1v) is 15.3. The topological polar surface area (TPSA) is 177 Å². The van der Waals surface area contributed by atoms with E-state index in [1.807, 2.05) is 31.2 Å². The number of aliphatic hydroxyl groups is 3. The van der Waals surface area contributed by atoms with Crippen molar-refractivity contribution < 1.29 is 34.4 Å². The van der Waals surface area contributed by atoms with Gasteiger partial charge in [0.25, 0.3) is 5.12 Å². The molecule has 42 heavy (non-hydrogen) atoms. The van der Waals surface area contributed by atoms with Gasteiger partial charge >= 0.3 is 0 Å². The highest BCUT2D eigenvalue weighted by atomic mass is 35.5. The fourth-order valence-corrected chi connectivity index (χ4v) is 7.72. The number of fused-ring (bicyclic) bond motifs is 2. The van der Waals surface area contributed by atoms with E-state index in [-0.39, 0.29) is 11.9 Å². The van der Waals surface area contributed by atoms with Gasteiger partial charge in [0.05, 0.1) is 23.2 Å². The third-order valence-corrected chi connectivity index (χ3v) is 10.5. The third-order valence-electron chi connectivity index (χ3n) is 7.48. The van der Waals surface area contributed by atoms with Crippen LogP contribution in [-0.2, 0) is 19.1 Å². The first-order valence-electron chi connectivity index (χ1n) is 13.2. The van der Waals surface area contributed by atoms with Gasteiger partial charge in [-0.05, 0) is 26.0 Å². The fraction of sp³-hybridized carbons (Fsp3) is 0.538. The number of carbonyl (C=O) groups is 3. The molecule has 226 valence electrons. The zero-order valence-electron chi connectivity index (χ0n) is 23.2. The maximum absolute atomic E-state index is 13.5. The average Bonchev–Trinajstić information content (AvgIpc) is 3.61. The standard InChI is InChI=1S/C26H31ClN6O7S2/c1-12(10-41-24-30-16-7-5-6-8-18(16)42-24)29-22-25(13(2)35)23(33(15(4)37)26(27,31-22)14(3)36)32(11-28-25)21-20(39)19(38)17(9-34)40-21/h5-8,11-12,17,19-21,23,34,38-39H,9-10H2,1-4H3,(H,29,31)/t12-,17-,19?,20?,21-,23?,25?,26?/m1/s1. The molecule has 13 nitrogen and oxygen atoms in total. The van der Waals surface area contributed by atoms with Crippen molar-refractivity contribution in [2.75, 3.05) is 12.4 Å². The summed E-state index contributed by atoms with van der Waals surface area (Å²) in [6, 6.07) is 7.45. The minimum absolute atomic E-state index is 0.0365. The highest BCUT2D eigenvalue weighted by molar-refractivity contribution is 8.01. The Morgan fingerprint density at radius 2 is 1.90 bits per heavy atom. The van der Waals surface area contributed by atoms with Crippen LogP contribution in [0.5, 0.6) is 0 Å². The Labute approximate surface area is 254 Å². The van der Waals surface area contributed by atoms with Crippen molar-refractivity contribution in [2.24, 2.45) is 9.98 Å². The molecule has 0 bridgehead atoms. The number of hydrogen-bond acceptors (Lipinski definition) is 14. The van der Waals surface area contributed by atoms with Crippen molar-refractivity contribution in [3.63, 3.8) is 0 Å². The number of amides is 1. The molecular weight excluding hydrogens is 608 g/mol. The number of amidine groups is 1. The molecule has 0 spiro atoms. The number of rotatable bonds is 8. The van der Waals surface area contributed by atoms with Crippen molar-refractivity contribution in [3.8, 4) is 0 Å². The number of nitrogens with one attached hydrogen (secondary N) is 1. The summed E-state index contributed by atoms with van der Waals surface area (Å²) in [6.45, 7) is 4.88. The molecule has 1 fully saturated rings. The number of hydrogen-bond donors (Lipinski definition) is 4. The molecule has 0 aliphatic carbocycles. The Kier molecular flexibility index (Phi) is 8.39. The van der Waals surface area contributed by atoms with E-state index in [2.05, 4.69) is 20.3 Å². The lowest BCUT2D eigenvalue weighted by Gasteiger charge is -2.51. The molecule has 8 atom stereocenters. The number of ether oxygens (including phenoxy) is 1. The Morgan fingerprint density at radius 1 is 1.19 bits per heavy atom. The van der Waals surface area contributed by atoms with Crippen LogP contribution < -0.4 is 5.32 Å². The summed E-state index contributed by atoms with van der Waals surface area (Å²) < 4.78 is 7.62. The molecule has 5 unspecified atom stereocenters. The van der Waals surface area contributed by atoms with E-state index in [9.17, 15) is 29.7 Å². The lowest BCUT2D eigenvalue weighted by atomic mass is 9.86. The third kappa shape index (κ3) is 4.90. The summed E-state index contributed by atoms with van der Waals surface area (Å²) in [4.78, 5) is 55.4. The van der Waals surface area contributed by atoms with E-state index in [0.29, 0.717) is 5.75 Å². The fourth-order valence-electron chi connectivity index (χ4n) is 5.38. The largest absolute Gasteiger partial charge is 0.394 e. The summed E-state index contributed by atoms with van der Waals surface area (Å²) in [5.41, 5.74) is -0.983. The molecule has 2 aromatic rings. The average molecular weight is 639 g/mol. The van der Waals surface area contributed by atoms with E-state index in [1.54, 1.807) is 11.3 Å². The van der Waals surface area contributed by atoms with Crippen molar-refractivity contribution in [1.82, 2.24) is 20.1 Å². The smallest absolute Gasteiger partial charge is 0.274 e. The van der Waals surface area contributed by atoms with Gasteiger partial charge in [-0.3, -0.25) is 19.3 Å². The molecule has 1 amide bonds. The first kappa shape index (κ1) is 30.8. The molecule has 0 saturated carbocycles. The molecule has 3 aliphatic heterocycles. The number of para-hydroxylation sites is 1. The van der Waals surface area contributed by atoms with Gasteiger partial charge < -0.3 is 30.3 Å². The van der Waals surface area contributed by atoms with Gasteiger partial charge in [-0.2, -0.15) is 0 Å². The zero-order chi connectivity index (χ0) is 30.6. The van der Waals surface area contributed by atoms with Crippen LogP contribution in [-0.4, -0.2) is 120 Å². The second kappa shape index (κ2) is 11.4. The van der Waals surface area contributed by atoms with E-state index in [4.69, 9.17) is 16.3 Å². The van der Waals surface area contributed by atoms with Gasteiger partial charge in [-0.25, -0.2) is 15.0 Å². The number of thioether (sulfide) groups is 1. The summed E-state index contributed by atoms with van der Waals surface area (Å²) in [6.07, 6.45) is -5.68. The molecule has 4 heterocycles. The van der Waals surface area contributed by atoms with Crippen LogP contribution in [0.25, 0.3) is 10.2 Å². The number of benzene rings is 1. The first-order chi connectivity index (χ1) is 19.8. The lowest BCUT2D eigenvalue weighted by molar-refractivity contribution is -0.160. The monoisotopic (exact) mass is 638 g/mol. The van der Waals surface area contributed by atoms with Crippen LogP contribution in [0.15, 0.2) is 38.6 Å². The van der Waals surface area contributed by atoms with Gasteiger partial charge in [0, 0.05) is 25.6 Å². The normalized spacial score (nSPS) is 33.0. The van der Waals surface area contributed by atoms with Gasteiger partial charge in [-0.15, -0.1) is 11.3 Å². The van der Waals surface area contributed by atoms with E-state index in [0.717, 1.165) is 19.5 Å². The number of nitrogens with zero attached hydrogens (tertiary/aromatic N) is 5. The highest BCUT2D eigenvalue weighted by Crippen LogP contribution is 2.44. The minimum Gasteiger partial charge on any atom is -0.394 e. The van der Waals surface area contributed by atoms with Crippen molar-refractivity contribution in [3.05, 3.63) is 24.3 Å². The molecule has 4 N–H and O–H groups in total. The predicted molar refractivity (Wildman–Crippen MR) is 157 cm³/mol. The van der Waals surface area contributed by atoms with Crippen LogP contribution in [0.4, 0.5) is 0 Å². The molecule has 1 saturated heterocycles. The summed E-state index contributed by atoms with van der Waals surface area (Å²) in [5.74, 6) is -1.46. The number of Topliss-reactive ketones (excluding diaryl/α,β-unsaturated/α-hetero) is 2. The number of carbonyl (C=O) groups excluding carboxylic acids is 3. The quantitative estimate of drug-likeness (QED) is 0.180. The molecule has 5 rings (SSSR count). The van der Waals surface area contributed by atoms with Crippen LogP contribution in [0, 0.1) is 0 Å². The molecule has 1 aromatic heterocycles. The van der Waals surface area contributed by atoms with Gasteiger partial charge in [0.15, 0.2) is 28.3 Å². The minimum atomic E-state index is -2.26. The van der Waals surface area contributed by atoms with Gasteiger partial charge in [-0.1, -0.05) is 35.5 Å². The second-order valence-corrected chi connectivity index (χ2v) is 13.2. The summed E-state index contributed by atoms with van der Waals surface area (Å²) in [7, 11) is 0. The van der Waals surface area contributed by atoms with Crippen molar-refractivity contribution in [2.45, 2.75) is 79.4 Å². The number of aromatic nitrogens is 1. The molecule has 3 aliphatic rings. The molecular formula is C26H31ClN6O7S2. The van der Waals surface area contributed by atoms with E-state index < -0.39 is 65.4 Å². The Balaban J connectivity index is 1.51. The molecule has 1 aromatic carbocycles. The number of aliphatic hydroxyl groups excluding tert-OH is 3. The van der Waals surface area contributed by atoms with Crippen LogP contribution in [0.1, 0.15) is 27.7 Å². The number of ketones is 2. The zero-order valence-corrected chi connectivity index (χ0v) is 25.6. The van der Waals surface area contributed by atoms with Gasteiger partial charge in [0.1, 0.15) is 24.1 Å². The van der Waals surface area contributed by atoms with Crippen LogP contribution >= 0.6 is 34.7 Å². The van der Waals surface area contributed by atoms with E-state index >= 15 is 0 Å². The second-order valence-electron chi connectivity index (χ2n) is 10.4.